The van der Waals surface area contributed by atoms with Crippen molar-refractivity contribution in [1.82, 2.24) is 4.90 Å². The molecular formula is C21H25NO5. The molecular weight excluding hydrogens is 346 g/mol. The van der Waals surface area contributed by atoms with E-state index < -0.39 is 0 Å². The number of carbonyl (C=O) groups excluding carboxylic acids is 1. The van der Waals surface area contributed by atoms with Gasteiger partial charge in [0.2, 0.25) is 5.75 Å². The lowest BCUT2D eigenvalue weighted by Gasteiger charge is -2.34. The molecule has 6 nitrogen and oxygen atoms in total. The Bertz CT molecular complexity index is 795. The van der Waals surface area contributed by atoms with Crippen LogP contribution in [0.15, 0.2) is 36.4 Å². The zero-order valence-electron chi connectivity index (χ0n) is 16.2. The summed E-state index contributed by atoms with van der Waals surface area (Å²) in [7, 11) is 4.61. The number of carbonyl (C=O) groups is 1. The first kappa shape index (κ1) is 19.0. The topological polar surface area (TPSA) is 57.2 Å². The highest BCUT2D eigenvalue weighted by atomic mass is 16.5. The molecule has 27 heavy (non-hydrogen) atoms. The molecule has 0 aromatic heterocycles. The maximum atomic E-state index is 13.1. The third-order valence-electron chi connectivity index (χ3n) is 4.80. The zero-order valence-corrected chi connectivity index (χ0v) is 16.2. The van der Waals surface area contributed by atoms with Crippen LogP contribution in [0.1, 0.15) is 27.6 Å². The van der Waals surface area contributed by atoms with Crippen molar-refractivity contribution in [3.63, 3.8) is 0 Å². The summed E-state index contributed by atoms with van der Waals surface area (Å²) in [5, 5.41) is 0. The highest BCUT2D eigenvalue weighted by molar-refractivity contribution is 5.95. The molecule has 2 aromatic carbocycles. The van der Waals surface area contributed by atoms with Crippen LogP contribution in [0, 0.1) is 6.92 Å². The van der Waals surface area contributed by atoms with E-state index in [1.165, 1.54) is 21.3 Å². The lowest BCUT2D eigenvalue weighted by molar-refractivity contribution is -0.0231. The third-order valence-corrected chi connectivity index (χ3v) is 4.80. The van der Waals surface area contributed by atoms with Crippen LogP contribution in [0.3, 0.4) is 0 Å². The molecule has 1 aliphatic rings. The normalized spacial score (nSPS) is 16.7. The molecule has 1 aliphatic heterocycles. The summed E-state index contributed by atoms with van der Waals surface area (Å²) >= 11 is 0. The van der Waals surface area contributed by atoms with Gasteiger partial charge in [0.1, 0.15) is 6.10 Å². The first-order chi connectivity index (χ1) is 13.1. The number of hydrogen-bond acceptors (Lipinski definition) is 5. The van der Waals surface area contributed by atoms with Crippen molar-refractivity contribution in [2.24, 2.45) is 0 Å². The molecule has 0 aliphatic carbocycles. The number of rotatable bonds is 5. The molecule has 0 saturated carbocycles. The van der Waals surface area contributed by atoms with E-state index in [0.717, 1.165) is 11.1 Å². The Morgan fingerprint density at radius 3 is 2.33 bits per heavy atom. The monoisotopic (exact) mass is 371 g/mol. The smallest absolute Gasteiger partial charge is 0.254 e. The summed E-state index contributed by atoms with van der Waals surface area (Å²) < 4.78 is 22.0. The van der Waals surface area contributed by atoms with Crippen molar-refractivity contribution in [3.8, 4) is 17.2 Å². The predicted molar refractivity (Wildman–Crippen MR) is 102 cm³/mol. The van der Waals surface area contributed by atoms with Crippen molar-refractivity contribution in [1.29, 1.82) is 0 Å². The summed E-state index contributed by atoms with van der Waals surface area (Å²) in [6.07, 6.45) is -0.133. The van der Waals surface area contributed by atoms with Crippen LogP contribution in [0.5, 0.6) is 17.2 Å². The average Bonchev–Trinajstić information content (AvgIpc) is 2.72. The molecule has 1 fully saturated rings. The second-order valence-electron chi connectivity index (χ2n) is 6.38. The van der Waals surface area contributed by atoms with Gasteiger partial charge < -0.3 is 23.8 Å². The molecule has 0 bridgehead atoms. The van der Waals surface area contributed by atoms with Gasteiger partial charge >= 0.3 is 0 Å². The maximum absolute atomic E-state index is 13.1. The molecule has 3 rings (SSSR count). The number of morpholine rings is 1. The van der Waals surface area contributed by atoms with E-state index in [1.54, 1.807) is 17.0 Å². The standard InChI is InChI=1S/C21H25NO5/c1-14-7-5-6-8-16(14)19-13-22(9-10-27-19)21(23)15-11-17(24-2)20(26-4)18(12-15)25-3/h5-8,11-12,19H,9-10,13H2,1-4H3. The summed E-state index contributed by atoms with van der Waals surface area (Å²) in [6.45, 7) is 3.59. The molecule has 2 aromatic rings. The summed E-state index contributed by atoms with van der Waals surface area (Å²) in [6, 6.07) is 11.5. The van der Waals surface area contributed by atoms with Crippen LogP contribution in [0.4, 0.5) is 0 Å². The Labute approximate surface area is 159 Å². The third kappa shape index (κ3) is 3.85. The minimum atomic E-state index is -0.133. The van der Waals surface area contributed by atoms with Gasteiger partial charge in [-0.05, 0) is 30.2 Å². The highest BCUT2D eigenvalue weighted by Gasteiger charge is 2.28. The first-order valence-electron chi connectivity index (χ1n) is 8.85. The SMILES string of the molecule is COc1cc(C(=O)N2CCOC(c3ccccc3C)C2)cc(OC)c1OC. The molecule has 1 saturated heterocycles. The Kier molecular flexibility index (Phi) is 5.86. The Morgan fingerprint density at radius 2 is 1.74 bits per heavy atom. The van der Waals surface area contributed by atoms with E-state index in [-0.39, 0.29) is 12.0 Å². The van der Waals surface area contributed by atoms with Gasteiger partial charge in [0.15, 0.2) is 11.5 Å². The minimum absolute atomic E-state index is 0.0869. The number of methoxy groups -OCH3 is 3. The lowest BCUT2D eigenvalue weighted by atomic mass is 10.0. The fourth-order valence-electron chi connectivity index (χ4n) is 3.36. The van der Waals surface area contributed by atoms with Crippen molar-refractivity contribution in [2.45, 2.75) is 13.0 Å². The van der Waals surface area contributed by atoms with Crippen molar-refractivity contribution < 1.29 is 23.7 Å². The van der Waals surface area contributed by atoms with Crippen molar-refractivity contribution >= 4 is 5.91 Å². The number of nitrogens with zero attached hydrogens (tertiary/aromatic N) is 1. The molecule has 0 spiro atoms. The van der Waals surface area contributed by atoms with Crippen LogP contribution in [-0.4, -0.2) is 51.8 Å². The van der Waals surface area contributed by atoms with Crippen LogP contribution < -0.4 is 14.2 Å². The van der Waals surface area contributed by atoms with Crippen LogP contribution in [0.25, 0.3) is 0 Å². The largest absolute Gasteiger partial charge is 0.493 e. The summed E-state index contributed by atoms with van der Waals surface area (Å²) in [5.74, 6) is 1.31. The average molecular weight is 371 g/mol. The van der Waals surface area contributed by atoms with Gasteiger partial charge in [-0.15, -0.1) is 0 Å². The van der Waals surface area contributed by atoms with E-state index in [0.29, 0.717) is 42.5 Å². The number of hydrogen-bond donors (Lipinski definition) is 0. The van der Waals surface area contributed by atoms with E-state index >= 15 is 0 Å². The lowest BCUT2D eigenvalue weighted by Crippen LogP contribution is -2.42. The van der Waals surface area contributed by atoms with Crippen molar-refractivity contribution in [3.05, 3.63) is 53.1 Å². The Balaban J connectivity index is 1.86. The molecule has 6 heteroatoms. The van der Waals surface area contributed by atoms with Crippen LogP contribution in [-0.2, 0) is 4.74 Å². The zero-order chi connectivity index (χ0) is 19.4. The van der Waals surface area contributed by atoms with Crippen molar-refractivity contribution in [2.75, 3.05) is 41.0 Å². The van der Waals surface area contributed by atoms with E-state index in [1.807, 2.05) is 18.2 Å². The van der Waals surface area contributed by atoms with Gasteiger partial charge in [-0.3, -0.25) is 4.79 Å². The summed E-state index contributed by atoms with van der Waals surface area (Å²) in [5.41, 5.74) is 2.76. The number of ether oxygens (including phenoxy) is 4. The first-order valence-corrected chi connectivity index (χ1v) is 8.85. The number of aryl methyl sites for hydroxylation is 1. The van der Waals surface area contributed by atoms with Crippen LogP contribution in [0.2, 0.25) is 0 Å². The molecule has 1 amide bonds. The van der Waals surface area contributed by atoms with Gasteiger partial charge in [0, 0.05) is 12.1 Å². The fraction of sp³-hybridized carbons (Fsp3) is 0.381. The van der Waals surface area contributed by atoms with Gasteiger partial charge in [-0.25, -0.2) is 0 Å². The van der Waals surface area contributed by atoms with Gasteiger partial charge in [0.05, 0.1) is 34.5 Å². The molecule has 1 heterocycles. The predicted octanol–water partition coefficient (Wildman–Crippen LogP) is 3.23. The highest BCUT2D eigenvalue weighted by Crippen LogP contribution is 2.38. The van der Waals surface area contributed by atoms with E-state index in [2.05, 4.69) is 13.0 Å². The number of benzene rings is 2. The van der Waals surface area contributed by atoms with Gasteiger partial charge in [-0.2, -0.15) is 0 Å². The molecule has 0 radical (unpaired) electrons. The fourth-order valence-corrected chi connectivity index (χ4v) is 3.36. The quantitative estimate of drug-likeness (QED) is 0.808. The molecule has 1 unspecified atom stereocenters. The molecule has 144 valence electrons. The molecule has 0 N–H and O–H groups in total. The van der Waals surface area contributed by atoms with E-state index in [4.69, 9.17) is 18.9 Å². The Hall–Kier alpha value is -2.73. The Morgan fingerprint density at radius 1 is 1.07 bits per heavy atom. The second-order valence-corrected chi connectivity index (χ2v) is 6.38. The van der Waals surface area contributed by atoms with E-state index in [9.17, 15) is 4.79 Å². The second kappa shape index (κ2) is 8.31. The van der Waals surface area contributed by atoms with Gasteiger partial charge in [-0.1, -0.05) is 24.3 Å². The van der Waals surface area contributed by atoms with Gasteiger partial charge in [0.25, 0.3) is 5.91 Å². The van der Waals surface area contributed by atoms with Crippen LogP contribution >= 0.6 is 0 Å². The minimum Gasteiger partial charge on any atom is -0.493 e. The maximum Gasteiger partial charge on any atom is 0.254 e. The molecule has 1 atom stereocenters. The number of amides is 1. The summed E-state index contributed by atoms with van der Waals surface area (Å²) in [4.78, 5) is 14.9.